The predicted octanol–water partition coefficient (Wildman–Crippen LogP) is 3.68. The summed E-state index contributed by atoms with van der Waals surface area (Å²) in [7, 11) is 3.21. The quantitative estimate of drug-likeness (QED) is 0.350. The molecule has 0 bridgehead atoms. The fourth-order valence-corrected chi connectivity index (χ4v) is 4.35. The number of aromatic amines is 1. The van der Waals surface area contributed by atoms with E-state index in [-0.39, 0.29) is 24.7 Å². The molecule has 8 nitrogen and oxygen atoms in total. The SMILES string of the molecule is COc1ccc(CNC(=O)Cc2cc3c(NC(=O)Cc4cccc(OC)c4)[nH]nc3s2)cc1. The summed E-state index contributed by atoms with van der Waals surface area (Å²) >= 11 is 1.42. The molecule has 2 amide bonds. The lowest BCUT2D eigenvalue weighted by atomic mass is 10.1. The fraction of sp³-hybridized carbons (Fsp3) is 0.208. The van der Waals surface area contributed by atoms with Crippen molar-refractivity contribution in [3.05, 3.63) is 70.6 Å². The van der Waals surface area contributed by atoms with Crippen molar-refractivity contribution in [1.82, 2.24) is 15.5 Å². The molecule has 2 heterocycles. The lowest BCUT2D eigenvalue weighted by Crippen LogP contribution is -2.24. The average Bonchev–Trinajstić information content (AvgIpc) is 3.39. The van der Waals surface area contributed by atoms with E-state index in [1.54, 1.807) is 14.2 Å². The maximum Gasteiger partial charge on any atom is 0.229 e. The third-order valence-corrected chi connectivity index (χ3v) is 6.08. The first-order valence-electron chi connectivity index (χ1n) is 10.3. The second kappa shape index (κ2) is 10.2. The molecular weight excluding hydrogens is 440 g/mol. The molecule has 0 unspecified atom stereocenters. The molecule has 9 heteroatoms. The lowest BCUT2D eigenvalue weighted by molar-refractivity contribution is -0.120. The topological polar surface area (TPSA) is 105 Å². The number of thiophene rings is 1. The zero-order chi connectivity index (χ0) is 23.2. The van der Waals surface area contributed by atoms with Crippen LogP contribution in [0.1, 0.15) is 16.0 Å². The highest BCUT2D eigenvalue weighted by Crippen LogP contribution is 2.29. The van der Waals surface area contributed by atoms with Crippen molar-refractivity contribution in [3.63, 3.8) is 0 Å². The normalized spacial score (nSPS) is 10.7. The molecule has 4 rings (SSSR count). The zero-order valence-electron chi connectivity index (χ0n) is 18.3. The number of carbonyl (C=O) groups is 2. The van der Waals surface area contributed by atoms with Crippen LogP contribution >= 0.6 is 11.3 Å². The zero-order valence-corrected chi connectivity index (χ0v) is 19.1. The third kappa shape index (κ3) is 5.69. The molecule has 0 spiro atoms. The molecule has 4 aromatic rings. The molecule has 0 radical (unpaired) electrons. The number of hydrogen-bond donors (Lipinski definition) is 3. The molecule has 0 saturated heterocycles. The van der Waals surface area contributed by atoms with Gasteiger partial charge in [-0.1, -0.05) is 24.3 Å². The average molecular weight is 465 g/mol. The van der Waals surface area contributed by atoms with E-state index in [9.17, 15) is 9.59 Å². The van der Waals surface area contributed by atoms with E-state index in [0.717, 1.165) is 32.0 Å². The number of benzene rings is 2. The molecular formula is C24H24N4O4S. The number of H-pyrrole nitrogens is 1. The van der Waals surface area contributed by atoms with Gasteiger partial charge < -0.3 is 20.1 Å². The fourth-order valence-electron chi connectivity index (χ4n) is 3.36. The number of anilines is 1. The number of methoxy groups -OCH3 is 2. The summed E-state index contributed by atoms with van der Waals surface area (Å²) < 4.78 is 10.3. The molecule has 0 atom stereocenters. The van der Waals surface area contributed by atoms with Crippen LogP contribution in [0.25, 0.3) is 10.2 Å². The Morgan fingerprint density at radius 2 is 1.73 bits per heavy atom. The van der Waals surface area contributed by atoms with Gasteiger partial charge in [0.1, 0.15) is 22.1 Å². The van der Waals surface area contributed by atoms with E-state index >= 15 is 0 Å². The molecule has 33 heavy (non-hydrogen) atoms. The number of ether oxygens (including phenoxy) is 2. The van der Waals surface area contributed by atoms with Crippen molar-refractivity contribution < 1.29 is 19.1 Å². The van der Waals surface area contributed by atoms with Gasteiger partial charge in [0.05, 0.1) is 32.4 Å². The first-order valence-corrected chi connectivity index (χ1v) is 11.1. The van der Waals surface area contributed by atoms with Crippen molar-refractivity contribution in [2.24, 2.45) is 0 Å². The summed E-state index contributed by atoms with van der Waals surface area (Å²) in [5.41, 5.74) is 1.84. The smallest absolute Gasteiger partial charge is 0.229 e. The Morgan fingerprint density at radius 3 is 2.48 bits per heavy atom. The van der Waals surface area contributed by atoms with E-state index in [1.165, 1.54) is 11.3 Å². The molecule has 0 fully saturated rings. The molecule has 0 saturated carbocycles. The second-order valence-corrected chi connectivity index (χ2v) is 8.52. The van der Waals surface area contributed by atoms with Gasteiger partial charge in [0.25, 0.3) is 0 Å². The van der Waals surface area contributed by atoms with Gasteiger partial charge in [-0.2, -0.15) is 5.10 Å². The third-order valence-electron chi connectivity index (χ3n) is 5.05. The van der Waals surface area contributed by atoms with Gasteiger partial charge in [0.2, 0.25) is 11.8 Å². The largest absolute Gasteiger partial charge is 0.497 e. The number of fused-ring (bicyclic) bond motifs is 1. The van der Waals surface area contributed by atoms with E-state index in [0.29, 0.717) is 18.1 Å². The number of rotatable bonds is 9. The van der Waals surface area contributed by atoms with Crippen LogP contribution in [0.5, 0.6) is 11.5 Å². The first-order chi connectivity index (χ1) is 16.0. The van der Waals surface area contributed by atoms with Gasteiger partial charge in [-0.3, -0.25) is 14.7 Å². The van der Waals surface area contributed by atoms with E-state index < -0.39 is 0 Å². The summed E-state index contributed by atoms with van der Waals surface area (Å²) in [6.45, 7) is 0.442. The molecule has 0 aliphatic heterocycles. The Kier molecular flexibility index (Phi) is 6.89. The Bertz CT molecular complexity index is 1260. The summed E-state index contributed by atoms with van der Waals surface area (Å²) in [4.78, 5) is 26.5. The Morgan fingerprint density at radius 1 is 0.939 bits per heavy atom. The predicted molar refractivity (Wildman–Crippen MR) is 128 cm³/mol. The van der Waals surface area contributed by atoms with E-state index in [4.69, 9.17) is 9.47 Å². The summed E-state index contributed by atoms with van der Waals surface area (Å²) in [5.74, 6) is 1.76. The molecule has 2 aromatic heterocycles. The number of nitrogens with zero attached hydrogens (tertiary/aromatic N) is 1. The van der Waals surface area contributed by atoms with Crippen LogP contribution in [0.3, 0.4) is 0 Å². The number of amides is 2. The monoisotopic (exact) mass is 464 g/mol. The summed E-state index contributed by atoms with van der Waals surface area (Å²) in [6, 6.07) is 16.8. The van der Waals surface area contributed by atoms with Gasteiger partial charge in [-0.25, -0.2) is 0 Å². The molecule has 170 valence electrons. The van der Waals surface area contributed by atoms with E-state index in [1.807, 2.05) is 54.6 Å². The Hall–Kier alpha value is -3.85. The Balaban J connectivity index is 1.34. The van der Waals surface area contributed by atoms with Crippen molar-refractivity contribution in [2.45, 2.75) is 19.4 Å². The highest BCUT2D eigenvalue weighted by molar-refractivity contribution is 7.18. The Labute approximate surface area is 194 Å². The molecule has 2 aromatic carbocycles. The molecule has 0 aliphatic rings. The first kappa shape index (κ1) is 22.3. The number of nitrogens with one attached hydrogen (secondary N) is 3. The van der Waals surface area contributed by atoms with Crippen LogP contribution in [0.15, 0.2) is 54.6 Å². The van der Waals surface area contributed by atoms with Gasteiger partial charge in [0, 0.05) is 11.4 Å². The van der Waals surface area contributed by atoms with Crippen LogP contribution in [0.4, 0.5) is 5.82 Å². The van der Waals surface area contributed by atoms with Gasteiger partial charge in [-0.05, 0) is 41.5 Å². The van der Waals surface area contributed by atoms with Crippen LogP contribution in [0, 0.1) is 0 Å². The maximum absolute atomic E-state index is 12.5. The maximum atomic E-state index is 12.5. The number of carbonyl (C=O) groups excluding carboxylic acids is 2. The highest BCUT2D eigenvalue weighted by Gasteiger charge is 2.15. The minimum Gasteiger partial charge on any atom is -0.497 e. The van der Waals surface area contributed by atoms with Gasteiger partial charge in [0.15, 0.2) is 0 Å². The van der Waals surface area contributed by atoms with Crippen LogP contribution in [-0.2, 0) is 29.0 Å². The molecule has 3 N–H and O–H groups in total. The van der Waals surface area contributed by atoms with Crippen LogP contribution < -0.4 is 20.1 Å². The van der Waals surface area contributed by atoms with Gasteiger partial charge in [-0.15, -0.1) is 11.3 Å². The highest BCUT2D eigenvalue weighted by atomic mass is 32.1. The standard InChI is InChI=1S/C24H24N4O4S/c1-31-17-8-6-15(7-9-17)14-25-21(29)13-19-12-20-23(27-28-24(20)33-19)26-22(30)11-16-4-3-5-18(10-16)32-2/h3-10,12H,11,13-14H2,1-2H3,(H,25,29)(H2,26,27,28,30). The van der Waals surface area contributed by atoms with E-state index in [2.05, 4.69) is 20.8 Å². The number of hydrogen-bond acceptors (Lipinski definition) is 6. The van der Waals surface area contributed by atoms with Crippen molar-refractivity contribution in [1.29, 1.82) is 0 Å². The summed E-state index contributed by atoms with van der Waals surface area (Å²) in [6.07, 6.45) is 0.455. The van der Waals surface area contributed by atoms with Crippen molar-refractivity contribution in [3.8, 4) is 11.5 Å². The van der Waals surface area contributed by atoms with Crippen molar-refractivity contribution >= 4 is 39.2 Å². The van der Waals surface area contributed by atoms with Gasteiger partial charge >= 0.3 is 0 Å². The lowest BCUT2D eigenvalue weighted by Gasteiger charge is -2.06. The van der Waals surface area contributed by atoms with Crippen LogP contribution in [-0.4, -0.2) is 36.2 Å². The minimum absolute atomic E-state index is 0.0812. The number of aromatic nitrogens is 2. The molecule has 0 aliphatic carbocycles. The summed E-state index contributed by atoms with van der Waals surface area (Å²) in [5, 5.41) is 13.7. The van der Waals surface area contributed by atoms with Crippen LogP contribution in [0.2, 0.25) is 0 Å². The minimum atomic E-state index is -0.168. The second-order valence-electron chi connectivity index (χ2n) is 7.41. The van der Waals surface area contributed by atoms with Crippen molar-refractivity contribution in [2.75, 3.05) is 19.5 Å².